The zero-order valence-corrected chi connectivity index (χ0v) is 14.2. The Hall–Kier alpha value is -2.90. The Morgan fingerprint density at radius 3 is 2.73 bits per heavy atom. The van der Waals surface area contributed by atoms with Gasteiger partial charge in [-0.25, -0.2) is 4.79 Å². The maximum atomic E-state index is 13.0. The Labute approximate surface area is 150 Å². The number of nitrogens with zero attached hydrogens (tertiary/aromatic N) is 3. The lowest BCUT2D eigenvalue weighted by atomic mass is 9.91. The highest BCUT2D eigenvalue weighted by molar-refractivity contribution is 6.40. The first-order valence-corrected chi connectivity index (χ1v) is 8.79. The van der Waals surface area contributed by atoms with E-state index in [1.54, 1.807) is 29.2 Å². The molecule has 2 amide bonds. The molecular formula is C18H20N4O4. The molecule has 1 unspecified atom stereocenters. The summed E-state index contributed by atoms with van der Waals surface area (Å²) < 4.78 is 0. The molecule has 2 N–H and O–H groups in total. The Morgan fingerprint density at radius 2 is 2.00 bits per heavy atom. The highest BCUT2D eigenvalue weighted by atomic mass is 16.4. The van der Waals surface area contributed by atoms with Gasteiger partial charge in [-0.05, 0) is 25.0 Å². The van der Waals surface area contributed by atoms with Gasteiger partial charge in [0.1, 0.15) is 5.71 Å². The topological polar surface area (TPSA) is 102 Å². The molecule has 0 saturated carbocycles. The maximum absolute atomic E-state index is 13.0. The minimum atomic E-state index is -1.02. The number of rotatable bonds is 3. The summed E-state index contributed by atoms with van der Waals surface area (Å²) in [6, 6.07) is 7.90. The third-order valence-corrected chi connectivity index (χ3v) is 5.33. The average molecular weight is 356 g/mol. The molecule has 26 heavy (non-hydrogen) atoms. The van der Waals surface area contributed by atoms with E-state index < -0.39 is 12.0 Å². The molecule has 1 aromatic rings. The minimum Gasteiger partial charge on any atom is -0.480 e. The number of carboxylic acid groups (broad SMARTS) is 1. The van der Waals surface area contributed by atoms with E-state index in [1.807, 2.05) is 6.07 Å². The van der Waals surface area contributed by atoms with Crippen molar-refractivity contribution in [1.29, 1.82) is 0 Å². The number of hydrazone groups is 1. The van der Waals surface area contributed by atoms with Gasteiger partial charge in [0.25, 0.3) is 5.91 Å². The predicted molar refractivity (Wildman–Crippen MR) is 93.6 cm³/mol. The molecule has 0 bridgehead atoms. The van der Waals surface area contributed by atoms with Crippen LogP contribution in [-0.2, 0) is 14.4 Å². The SMILES string of the molecule is O=C(O)C1CC(C(=O)N2CCC[C@H]3C(=O)NC[C@H]32)=NN1c1ccccc1. The number of carboxylic acids is 1. The lowest BCUT2D eigenvalue weighted by molar-refractivity contribution is -0.138. The number of hydrogen-bond acceptors (Lipinski definition) is 5. The molecule has 8 heteroatoms. The van der Waals surface area contributed by atoms with Crippen LogP contribution in [0.15, 0.2) is 35.4 Å². The lowest BCUT2D eigenvalue weighted by Crippen LogP contribution is -2.51. The van der Waals surface area contributed by atoms with Crippen LogP contribution in [-0.4, -0.2) is 58.7 Å². The first-order chi connectivity index (χ1) is 12.6. The first kappa shape index (κ1) is 16.6. The van der Waals surface area contributed by atoms with Crippen molar-refractivity contribution in [2.75, 3.05) is 18.1 Å². The normalized spacial score (nSPS) is 27.8. The zero-order chi connectivity index (χ0) is 18.3. The third kappa shape index (κ3) is 2.71. The number of aliphatic carboxylic acids is 1. The van der Waals surface area contributed by atoms with Crippen LogP contribution in [0, 0.1) is 5.92 Å². The van der Waals surface area contributed by atoms with Crippen LogP contribution < -0.4 is 10.3 Å². The van der Waals surface area contributed by atoms with Gasteiger partial charge in [0, 0.05) is 19.5 Å². The molecule has 136 valence electrons. The smallest absolute Gasteiger partial charge is 0.328 e. The van der Waals surface area contributed by atoms with Crippen LogP contribution in [0.4, 0.5) is 5.69 Å². The Morgan fingerprint density at radius 1 is 1.23 bits per heavy atom. The standard InChI is InChI=1S/C18H20N4O4/c23-16-12-7-4-8-21(15(12)10-19-16)17(24)13-9-14(18(25)26)22(20-13)11-5-2-1-3-6-11/h1-3,5-6,12,14-15H,4,7-10H2,(H,19,23)(H,25,26)/t12-,14?,15-/m1/s1. The van der Waals surface area contributed by atoms with E-state index in [2.05, 4.69) is 10.4 Å². The number of likely N-dealkylation sites (tertiary alicyclic amines) is 1. The molecule has 0 radical (unpaired) electrons. The molecule has 3 heterocycles. The molecule has 4 rings (SSSR count). The molecule has 3 atom stereocenters. The molecule has 0 aromatic heterocycles. The number of anilines is 1. The third-order valence-electron chi connectivity index (χ3n) is 5.33. The van der Waals surface area contributed by atoms with Gasteiger partial charge in [0.2, 0.25) is 5.91 Å². The van der Waals surface area contributed by atoms with Gasteiger partial charge in [-0.2, -0.15) is 5.10 Å². The minimum absolute atomic E-state index is 0.00446. The number of amides is 2. The summed E-state index contributed by atoms with van der Waals surface area (Å²) in [5, 5.41) is 18.1. The fourth-order valence-corrected chi connectivity index (χ4v) is 4.02. The monoisotopic (exact) mass is 356 g/mol. The maximum Gasteiger partial charge on any atom is 0.328 e. The van der Waals surface area contributed by atoms with Crippen LogP contribution in [0.2, 0.25) is 0 Å². The van der Waals surface area contributed by atoms with Crippen molar-refractivity contribution in [1.82, 2.24) is 10.2 Å². The van der Waals surface area contributed by atoms with E-state index in [9.17, 15) is 19.5 Å². The Bertz CT molecular complexity index is 779. The molecular weight excluding hydrogens is 336 g/mol. The zero-order valence-electron chi connectivity index (χ0n) is 14.2. The van der Waals surface area contributed by atoms with Crippen molar-refractivity contribution < 1.29 is 19.5 Å². The van der Waals surface area contributed by atoms with Crippen LogP contribution >= 0.6 is 0 Å². The van der Waals surface area contributed by atoms with Gasteiger partial charge < -0.3 is 15.3 Å². The molecule has 2 saturated heterocycles. The largest absolute Gasteiger partial charge is 0.480 e. The van der Waals surface area contributed by atoms with E-state index in [-0.39, 0.29) is 35.9 Å². The van der Waals surface area contributed by atoms with E-state index in [1.165, 1.54) is 5.01 Å². The lowest BCUT2D eigenvalue weighted by Gasteiger charge is -2.35. The number of hydrogen-bond donors (Lipinski definition) is 2. The summed E-state index contributed by atoms with van der Waals surface area (Å²) in [6.45, 7) is 1.02. The van der Waals surface area contributed by atoms with Gasteiger partial charge in [0.15, 0.2) is 6.04 Å². The van der Waals surface area contributed by atoms with Gasteiger partial charge in [-0.3, -0.25) is 14.6 Å². The summed E-state index contributed by atoms with van der Waals surface area (Å²) in [4.78, 5) is 38.3. The quantitative estimate of drug-likeness (QED) is 0.818. The number of benzene rings is 1. The molecule has 8 nitrogen and oxygen atoms in total. The number of piperidine rings is 1. The van der Waals surface area contributed by atoms with Crippen molar-refractivity contribution in [3.8, 4) is 0 Å². The number of fused-ring (bicyclic) bond motifs is 1. The first-order valence-electron chi connectivity index (χ1n) is 8.79. The molecule has 0 spiro atoms. The number of carbonyl (C=O) groups excluding carboxylic acids is 2. The molecule has 0 aliphatic carbocycles. The second kappa shape index (κ2) is 6.44. The summed E-state index contributed by atoms with van der Waals surface area (Å²) in [7, 11) is 0. The second-order valence-corrected chi connectivity index (χ2v) is 6.84. The van der Waals surface area contributed by atoms with Gasteiger partial charge in [0.05, 0.1) is 17.6 Å². The highest BCUT2D eigenvalue weighted by Gasteiger charge is 2.45. The summed E-state index contributed by atoms with van der Waals surface area (Å²) >= 11 is 0. The molecule has 3 aliphatic rings. The van der Waals surface area contributed by atoms with E-state index >= 15 is 0 Å². The highest BCUT2D eigenvalue weighted by Crippen LogP contribution is 2.30. The van der Waals surface area contributed by atoms with E-state index in [0.717, 1.165) is 12.8 Å². The summed E-state index contributed by atoms with van der Waals surface area (Å²) in [5.74, 6) is -1.46. The van der Waals surface area contributed by atoms with Gasteiger partial charge >= 0.3 is 5.97 Å². The molecule has 1 aromatic carbocycles. The van der Waals surface area contributed by atoms with Crippen molar-refractivity contribution in [2.45, 2.75) is 31.3 Å². The second-order valence-electron chi connectivity index (χ2n) is 6.84. The van der Waals surface area contributed by atoms with Crippen LogP contribution in [0.25, 0.3) is 0 Å². The number of nitrogens with one attached hydrogen (secondary N) is 1. The Balaban J connectivity index is 1.59. The fourth-order valence-electron chi connectivity index (χ4n) is 4.02. The van der Waals surface area contributed by atoms with Crippen LogP contribution in [0.1, 0.15) is 19.3 Å². The average Bonchev–Trinajstić information content (AvgIpc) is 3.26. The summed E-state index contributed by atoms with van der Waals surface area (Å²) in [6.07, 6.45) is 1.59. The van der Waals surface area contributed by atoms with Crippen LogP contribution in [0.5, 0.6) is 0 Å². The van der Waals surface area contributed by atoms with Crippen molar-refractivity contribution in [2.24, 2.45) is 11.0 Å². The summed E-state index contributed by atoms with van der Waals surface area (Å²) in [5.41, 5.74) is 0.873. The fraction of sp³-hybridized carbons (Fsp3) is 0.444. The number of carbonyl (C=O) groups is 3. The number of para-hydroxylation sites is 1. The van der Waals surface area contributed by atoms with E-state index in [4.69, 9.17) is 0 Å². The molecule has 2 fully saturated rings. The van der Waals surface area contributed by atoms with Crippen LogP contribution in [0.3, 0.4) is 0 Å². The van der Waals surface area contributed by atoms with Gasteiger partial charge in [-0.15, -0.1) is 0 Å². The van der Waals surface area contributed by atoms with Gasteiger partial charge in [-0.1, -0.05) is 18.2 Å². The predicted octanol–water partition coefficient (Wildman–Crippen LogP) is 0.443. The van der Waals surface area contributed by atoms with Crippen molar-refractivity contribution in [3.05, 3.63) is 30.3 Å². The van der Waals surface area contributed by atoms with Crippen molar-refractivity contribution >= 4 is 29.2 Å². The molecule has 3 aliphatic heterocycles. The van der Waals surface area contributed by atoms with Crippen molar-refractivity contribution in [3.63, 3.8) is 0 Å². The van der Waals surface area contributed by atoms with E-state index in [0.29, 0.717) is 18.8 Å². The Kier molecular flexibility index (Phi) is 4.10.